The van der Waals surface area contributed by atoms with E-state index in [-0.39, 0.29) is 18.4 Å². The zero-order valence-electron chi connectivity index (χ0n) is 12.6. The first-order chi connectivity index (χ1) is 11.2. The number of urea groups is 1. The summed E-state index contributed by atoms with van der Waals surface area (Å²) in [6.45, 7) is 2.25. The van der Waals surface area contributed by atoms with Crippen LogP contribution in [0.3, 0.4) is 0 Å². The first kappa shape index (κ1) is 15.2. The van der Waals surface area contributed by atoms with Crippen molar-refractivity contribution >= 4 is 17.5 Å². The topological polar surface area (TPSA) is 70.2 Å². The molecule has 7 heteroatoms. The molecule has 0 aliphatic carbocycles. The minimum absolute atomic E-state index is 0.231. The molecular weight excluding hydrogens is 297 g/mol. The Morgan fingerprint density at radius 1 is 1.17 bits per heavy atom. The van der Waals surface area contributed by atoms with Crippen molar-refractivity contribution in [1.29, 1.82) is 0 Å². The smallest absolute Gasteiger partial charge is 0.319 e. The Hall–Kier alpha value is -2.70. The number of benzene rings is 1. The second-order valence-electron chi connectivity index (χ2n) is 5.34. The maximum absolute atomic E-state index is 12.8. The first-order valence-electron chi connectivity index (χ1n) is 7.58. The fourth-order valence-corrected chi connectivity index (χ4v) is 2.46. The molecule has 1 fully saturated rings. The Labute approximate surface area is 133 Å². The van der Waals surface area contributed by atoms with E-state index in [0.717, 1.165) is 18.9 Å². The largest absolute Gasteiger partial charge is 0.357 e. The molecule has 0 saturated carbocycles. The summed E-state index contributed by atoms with van der Waals surface area (Å²) in [6, 6.07) is 7.08. The van der Waals surface area contributed by atoms with Crippen LogP contribution in [0.4, 0.5) is 20.7 Å². The number of hydrogen-bond acceptors (Lipinski definition) is 4. The molecule has 1 aliphatic rings. The molecule has 0 atom stereocenters. The highest BCUT2D eigenvalue weighted by Gasteiger charge is 2.14. The van der Waals surface area contributed by atoms with Crippen molar-refractivity contribution in [2.45, 2.75) is 19.4 Å². The normalized spacial score (nSPS) is 13.9. The third-order valence-electron chi connectivity index (χ3n) is 3.63. The number of aromatic nitrogens is 2. The zero-order chi connectivity index (χ0) is 16.1. The molecule has 0 radical (unpaired) electrons. The molecule has 23 heavy (non-hydrogen) atoms. The Morgan fingerprint density at radius 3 is 2.65 bits per heavy atom. The molecule has 6 nitrogen and oxygen atoms in total. The minimum Gasteiger partial charge on any atom is -0.357 e. The summed E-state index contributed by atoms with van der Waals surface area (Å²) in [7, 11) is 0. The summed E-state index contributed by atoms with van der Waals surface area (Å²) in [5.41, 5.74) is 0.524. The van der Waals surface area contributed by atoms with E-state index in [1.807, 2.05) is 6.07 Å². The Kier molecular flexibility index (Phi) is 4.65. The number of nitrogens with one attached hydrogen (secondary N) is 2. The monoisotopic (exact) mass is 315 g/mol. The summed E-state index contributed by atoms with van der Waals surface area (Å²) in [6.07, 6.45) is 4.06. The number of amides is 2. The van der Waals surface area contributed by atoms with Crippen molar-refractivity contribution in [2.75, 3.05) is 23.3 Å². The van der Waals surface area contributed by atoms with Gasteiger partial charge >= 0.3 is 6.03 Å². The number of carbonyl (C=O) groups is 1. The van der Waals surface area contributed by atoms with E-state index in [0.29, 0.717) is 11.5 Å². The lowest BCUT2D eigenvalue weighted by Crippen LogP contribution is -2.29. The number of halogens is 1. The van der Waals surface area contributed by atoms with Crippen molar-refractivity contribution in [3.63, 3.8) is 0 Å². The Morgan fingerprint density at radius 2 is 1.91 bits per heavy atom. The van der Waals surface area contributed by atoms with Crippen LogP contribution < -0.4 is 15.5 Å². The lowest BCUT2D eigenvalue weighted by molar-refractivity contribution is 0.251. The fraction of sp³-hybridized carbons (Fsp3) is 0.312. The van der Waals surface area contributed by atoms with Crippen LogP contribution in [-0.4, -0.2) is 29.1 Å². The van der Waals surface area contributed by atoms with Gasteiger partial charge < -0.3 is 15.5 Å². The molecule has 1 saturated heterocycles. The van der Waals surface area contributed by atoms with Gasteiger partial charge in [-0.1, -0.05) is 0 Å². The fourth-order valence-electron chi connectivity index (χ4n) is 2.46. The maximum Gasteiger partial charge on any atom is 0.319 e. The molecule has 3 rings (SSSR count). The van der Waals surface area contributed by atoms with Crippen molar-refractivity contribution in [3.8, 4) is 0 Å². The molecule has 0 bridgehead atoms. The molecule has 1 aromatic heterocycles. The third-order valence-corrected chi connectivity index (χ3v) is 3.63. The minimum atomic E-state index is -0.383. The van der Waals surface area contributed by atoms with Crippen LogP contribution in [0, 0.1) is 5.82 Å². The molecule has 1 aromatic carbocycles. The quantitative estimate of drug-likeness (QED) is 0.909. The van der Waals surface area contributed by atoms with E-state index in [1.165, 1.54) is 37.1 Å². The van der Waals surface area contributed by atoms with Crippen LogP contribution >= 0.6 is 0 Å². The summed E-state index contributed by atoms with van der Waals surface area (Å²) in [5.74, 6) is 1.11. The van der Waals surface area contributed by atoms with Gasteiger partial charge in [-0.2, -0.15) is 0 Å². The van der Waals surface area contributed by atoms with Gasteiger partial charge in [0.25, 0.3) is 0 Å². The maximum atomic E-state index is 12.8. The number of rotatable bonds is 4. The summed E-state index contributed by atoms with van der Waals surface area (Å²) < 4.78 is 12.8. The molecule has 2 aromatic rings. The molecule has 0 unspecified atom stereocenters. The van der Waals surface area contributed by atoms with E-state index in [4.69, 9.17) is 0 Å². The highest BCUT2D eigenvalue weighted by Crippen LogP contribution is 2.16. The van der Waals surface area contributed by atoms with Gasteiger partial charge in [0.15, 0.2) is 0 Å². The highest BCUT2D eigenvalue weighted by atomic mass is 19.1. The summed E-state index contributed by atoms with van der Waals surface area (Å²) in [5, 5.41) is 5.32. The average Bonchev–Trinajstić information content (AvgIpc) is 3.10. The molecule has 120 valence electrons. The standard InChI is InChI=1S/C16H18FN5O/c17-12-3-5-13(6-4-12)20-16(23)19-11-14-18-8-7-15(21-14)22-9-1-2-10-22/h3-8H,1-2,9-11H2,(H2,19,20,23). The van der Waals surface area contributed by atoms with Crippen molar-refractivity contribution < 1.29 is 9.18 Å². The van der Waals surface area contributed by atoms with Crippen molar-refractivity contribution in [3.05, 3.63) is 48.2 Å². The van der Waals surface area contributed by atoms with Crippen LogP contribution in [0.25, 0.3) is 0 Å². The second kappa shape index (κ2) is 7.04. The van der Waals surface area contributed by atoms with E-state index < -0.39 is 0 Å². The average molecular weight is 315 g/mol. The van der Waals surface area contributed by atoms with Gasteiger partial charge in [-0.15, -0.1) is 0 Å². The first-order valence-corrected chi connectivity index (χ1v) is 7.58. The van der Waals surface area contributed by atoms with Gasteiger partial charge in [-0.25, -0.2) is 19.2 Å². The van der Waals surface area contributed by atoms with Crippen LogP contribution in [0.5, 0.6) is 0 Å². The van der Waals surface area contributed by atoms with Crippen LogP contribution in [0.1, 0.15) is 18.7 Å². The molecule has 2 heterocycles. The van der Waals surface area contributed by atoms with Gasteiger partial charge in [0, 0.05) is 25.0 Å². The van der Waals surface area contributed by atoms with Crippen LogP contribution in [0.2, 0.25) is 0 Å². The van der Waals surface area contributed by atoms with Crippen molar-refractivity contribution in [1.82, 2.24) is 15.3 Å². The number of hydrogen-bond donors (Lipinski definition) is 2. The van der Waals surface area contributed by atoms with Gasteiger partial charge in [0.05, 0.1) is 6.54 Å². The molecule has 2 amide bonds. The van der Waals surface area contributed by atoms with E-state index in [1.54, 1.807) is 6.20 Å². The van der Waals surface area contributed by atoms with Gasteiger partial charge in [0.2, 0.25) is 0 Å². The lowest BCUT2D eigenvalue weighted by atomic mass is 10.3. The Balaban J connectivity index is 1.54. The predicted octanol–water partition coefficient (Wildman–Crippen LogP) is 2.54. The molecule has 1 aliphatic heterocycles. The third kappa shape index (κ3) is 4.15. The van der Waals surface area contributed by atoms with Crippen LogP contribution in [-0.2, 0) is 6.54 Å². The van der Waals surface area contributed by atoms with E-state index >= 15 is 0 Å². The zero-order valence-corrected chi connectivity index (χ0v) is 12.6. The second-order valence-corrected chi connectivity index (χ2v) is 5.34. The highest BCUT2D eigenvalue weighted by molar-refractivity contribution is 5.89. The van der Waals surface area contributed by atoms with Crippen LogP contribution in [0.15, 0.2) is 36.5 Å². The van der Waals surface area contributed by atoms with E-state index in [2.05, 4.69) is 25.5 Å². The van der Waals surface area contributed by atoms with Gasteiger partial charge in [-0.05, 0) is 43.2 Å². The van der Waals surface area contributed by atoms with Gasteiger partial charge in [-0.3, -0.25) is 0 Å². The molecule has 2 N–H and O–H groups in total. The number of carbonyl (C=O) groups excluding carboxylic acids is 1. The molecular formula is C16H18FN5O. The molecule has 0 spiro atoms. The van der Waals surface area contributed by atoms with Gasteiger partial charge in [0.1, 0.15) is 17.5 Å². The predicted molar refractivity (Wildman–Crippen MR) is 85.7 cm³/mol. The van der Waals surface area contributed by atoms with Crippen molar-refractivity contribution in [2.24, 2.45) is 0 Å². The SMILES string of the molecule is O=C(NCc1nccc(N2CCCC2)n1)Nc1ccc(F)cc1. The lowest BCUT2D eigenvalue weighted by Gasteiger charge is -2.16. The number of anilines is 2. The summed E-state index contributed by atoms with van der Waals surface area (Å²) >= 11 is 0. The van der Waals surface area contributed by atoms with E-state index in [9.17, 15) is 9.18 Å². The Bertz CT molecular complexity index is 670. The number of nitrogens with zero attached hydrogens (tertiary/aromatic N) is 3. The summed E-state index contributed by atoms with van der Waals surface area (Å²) in [4.78, 5) is 22.7.